The summed E-state index contributed by atoms with van der Waals surface area (Å²) in [6.45, 7) is 4.30. The number of rotatable bonds is 1. The van der Waals surface area contributed by atoms with Gasteiger partial charge in [-0.2, -0.15) is 0 Å². The van der Waals surface area contributed by atoms with Crippen LogP contribution in [0.5, 0.6) is 0 Å². The Hall–Kier alpha value is -2.96. The molecule has 7 nitrogen and oxygen atoms in total. The van der Waals surface area contributed by atoms with Gasteiger partial charge in [-0.25, -0.2) is 0 Å². The lowest BCUT2D eigenvalue weighted by Crippen LogP contribution is -2.31. The van der Waals surface area contributed by atoms with Crippen molar-refractivity contribution in [1.82, 2.24) is 10.6 Å². The summed E-state index contributed by atoms with van der Waals surface area (Å²) in [5.74, 6) is 1.15. The number of allylic oxidation sites excluding steroid dienone is 5. The lowest BCUT2D eigenvalue weighted by Gasteiger charge is -2.35. The van der Waals surface area contributed by atoms with Crippen molar-refractivity contribution in [3.05, 3.63) is 47.8 Å². The van der Waals surface area contributed by atoms with E-state index in [0.717, 1.165) is 19.3 Å². The zero-order valence-corrected chi connectivity index (χ0v) is 21.0. The van der Waals surface area contributed by atoms with Gasteiger partial charge >= 0.3 is 0 Å². The Labute approximate surface area is 212 Å². The molecule has 0 radical (unpaired) electrons. The fourth-order valence-electron chi connectivity index (χ4n) is 7.81. The standard InChI is InChI=1S/C29H36N2O5/c1-15-13-21-20(26(15)16(2)32)10-9-19-18-5-3-7-25(34)30-12-4-6-23-28(35)27(29(36)31-23)24(33)11-8-17(18)14-22(19)21/h3,7-11,15,17-23,26,33H,4-6,12-14H2,1-2H3,(H,30,34)(H,31,36)/b7-3+,11-8+,27-24-/t15-,17-,18+,19-,20-,21+,22+,23+,26+/m1/s1. The maximum Gasteiger partial charge on any atom is 0.259 e. The molecule has 0 aromatic heterocycles. The first-order valence-corrected chi connectivity index (χ1v) is 13.4. The number of fused-ring (bicyclic) bond motifs is 7. The Morgan fingerprint density at radius 2 is 1.75 bits per heavy atom. The van der Waals surface area contributed by atoms with E-state index in [1.54, 1.807) is 13.0 Å². The zero-order valence-electron chi connectivity index (χ0n) is 21.0. The van der Waals surface area contributed by atoms with Crippen molar-refractivity contribution in [2.45, 2.75) is 52.0 Å². The Bertz CT molecular complexity index is 1090. The summed E-state index contributed by atoms with van der Waals surface area (Å²) in [6.07, 6.45) is 15.2. The predicted molar refractivity (Wildman–Crippen MR) is 134 cm³/mol. The second-order valence-corrected chi connectivity index (χ2v) is 11.4. The molecular weight excluding hydrogens is 456 g/mol. The minimum Gasteiger partial charge on any atom is -0.507 e. The molecule has 5 rings (SSSR count). The number of amides is 2. The van der Waals surface area contributed by atoms with Crippen molar-refractivity contribution in [3.63, 3.8) is 0 Å². The summed E-state index contributed by atoms with van der Waals surface area (Å²) in [6, 6.07) is -0.675. The smallest absolute Gasteiger partial charge is 0.259 e. The van der Waals surface area contributed by atoms with Gasteiger partial charge in [0, 0.05) is 12.5 Å². The van der Waals surface area contributed by atoms with Crippen LogP contribution in [0.4, 0.5) is 0 Å². The lowest BCUT2D eigenvalue weighted by molar-refractivity contribution is -0.123. The summed E-state index contributed by atoms with van der Waals surface area (Å²) >= 11 is 0. The van der Waals surface area contributed by atoms with E-state index in [-0.39, 0.29) is 46.7 Å². The van der Waals surface area contributed by atoms with E-state index in [4.69, 9.17) is 0 Å². The van der Waals surface area contributed by atoms with E-state index in [1.165, 1.54) is 6.08 Å². The molecule has 2 heterocycles. The van der Waals surface area contributed by atoms with Crippen molar-refractivity contribution in [1.29, 1.82) is 0 Å². The second kappa shape index (κ2) is 9.83. The van der Waals surface area contributed by atoms with Gasteiger partial charge in [0.25, 0.3) is 5.91 Å². The maximum atomic E-state index is 12.8. The minimum absolute atomic E-state index is 0.0759. The molecule has 3 N–H and O–H groups in total. The Morgan fingerprint density at radius 1 is 1.00 bits per heavy atom. The molecule has 2 bridgehead atoms. The van der Waals surface area contributed by atoms with E-state index >= 15 is 0 Å². The van der Waals surface area contributed by atoms with E-state index < -0.39 is 17.7 Å². The molecule has 1 saturated heterocycles. The summed E-state index contributed by atoms with van der Waals surface area (Å²) in [7, 11) is 0. The molecule has 2 saturated carbocycles. The van der Waals surface area contributed by atoms with Crippen molar-refractivity contribution >= 4 is 23.4 Å². The van der Waals surface area contributed by atoms with Gasteiger partial charge in [-0.1, -0.05) is 31.2 Å². The summed E-state index contributed by atoms with van der Waals surface area (Å²) in [5.41, 5.74) is -0.173. The highest BCUT2D eigenvalue weighted by molar-refractivity contribution is 6.27. The van der Waals surface area contributed by atoms with Crippen LogP contribution in [0.3, 0.4) is 0 Å². The molecular formula is C29H36N2O5. The van der Waals surface area contributed by atoms with Crippen LogP contribution in [0.25, 0.3) is 0 Å². The van der Waals surface area contributed by atoms with Crippen molar-refractivity contribution in [3.8, 4) is 0 Å². The molecule has 3 fully saturated rings. The van der Waals surface area contributed by atoms with Crippen molar-refractivity contribution < 1.29 is 24.3 Å². The third kappa shape index (κ3) is 4.37. The van der Waals surface area contributed by atoms with Crippen molar-refractivity contribution in [2.75, 3.05) is 6.54 Å². The third-order valence-corrected chi connectivity index (χ3v) is 9.32. The second-order valence-electron chi connectivity index (χ2n) is 11.4. The van der Waals surface area contributed by atoms with Crippen LogP contribution in [-0.2, 0) is 19.2 Å². The monoisotopic (exact) mass is 492 g/mol. The molecule has 7 heteroatoms. The summed E-state index contributed by atoms with van der Waals surface area (Å²) in [5, 5.41) is 16.2. The number of nitrogens with one attached hydrogen (secondary N) is 2. The van der Waals surface area contributed by atoms with Gasteiger partial charge in [0.1, 0.15) is 17.1 Å². The highest BCUT2D eigenvalue weighted by Crippen LogP contribution is 2.58. The number of aliphatic hydroxyl groups is 1. The number of hydrogen-bond acceptors (Lipinski definition) is 5. The molecule has 5 aliphatic rings. The fraction of sp³-hybridized carbons (Fsp3) is 0.586. The van der Waals surface area contributed by atoms with E-state index in [1.807, 2.05) is 12.2 Å². The van der Waals surface area contributed by atoms with Gasteiger partial charge in [0.2, 0.25) is 5.91 Å². The largest absolute Gasteiger partial charge is 0.507 e. The number of carbonyl (C=O) groups is 4. The summed E-state index contributed by atoms with van der Waals surface area (Å²) < 4.78 is 0. The fourth-order valence-corrected chi connectivity index (χ4v) is 7.81. The van der Waals surface area contributed by atoms with Crippen LogP contribution in [0.15, 0.2) is 47.8 Å². The Morgan fingerprint density at radius 3 is 2.53 bits per heavy atom. The van der Waals surface area contributed by atoms with Crippen molar-refractivity contribution in [2.24, 2.45) is 47.3 Å². The molecule has 0 spiro atoms. The highest BCUT2D eigenvalue weighted by Gasteiger charge is 2.53. The van der Waals surface area contributed by atoms with Gasteiger partial charge < -0.3 is 15.7 Å². The first-order valence-electron chi connectivity index (χ1n) is 13.4. The van der Waals surface area contributed by atoms with E-state index in [9.17, 15) is 24.3 Å². The molecule has 0 aromatic rings. The van der Waals surface area contributed by atoms with Crippen LogP contribution in [0.2, 0.25) is 0 Å². The molecule has 192 valence electrons. The SMILES string of the molecule is CC(=O)[C@H]1[C@@H]2C=C[C@@H]3[C@H]4C/C=C/C(=O)NCCC[C@@H]5NC(=O)/C(=C(O)/C=C/[C@@H]4C[C@@H]3[C@H]2C[C@H]1C)C5=O. The molecule has 9 atom stereocenters. The molecule has 2 amide bonds. The molecule has 36 heavy (non-hydrogen) atoms. The van der Waals surface area contributed by atoms with Crippen LogP contribution in [0.1, 0.15) is 46.0 Å². The Kier molecular flexibility index (Phi) is 6.75. The average molecular weight is 493 g/mol. The summed E-state index contributed by atoms with van der Waals surface area (Å²) in [4.78, 5) is 49.9. The lowest BCUT2D eigenvalue weighted by atomic mass is 9.69. The molecule has 0 unspecified atom stereocenters. The van der Waals surface area contributed by atoms with Gasteiger partial charge in [-0.15, -0.1) is 0 Å². The van der Waals surface area contributed by atoms with Crippen LogP contribution < -0.4 is 10.6 Å². The van der Waals surface area contributed by atoms with E-state index in [0.29, 0.717) is 43.1 Å². The highest BCUT2D eigenvalue weighted by atomic mass is 16.3. The van der Waals surface area contributed by atoms with Crippen LogP contribution in [-0.4, -0.2) is 41.1 Å². The van der Waals surface area contributed by atoms with Crippen LogP contribution in [0, 0.1) is 47.3 Å². The quantitative estimate of drug-likeness (QED) is 0.384. The molecule has 3 aliphatic carbocycles. The number of aliphatic hydroxyl groups excluding tert-OH is 1. The minimum atomic E-state index is -0.675. The van der Waals surface area contributed by atoms with E-state index in [2.05, 4.69) is 29.7 Å². The molecule has 0 aromatic carbocycles. The number of ketones is 2. The number of carbonyl (C=O) groups excluding carboxylic acids is 4. The Balaban J connectivity index is 1.46. The number of Topliss-reactive ketones (excluding diaryl/α,β-unsaturated/α-hetero) is 2. The zero-order chi connectivity index (χ0) is 25.6. The van der Waals surface area contributed by atoms with Crippen LogP contribution >= 0.6 is 0 Å². The molecule has 2 aliphatic heterocycles. The van der Waals surface area contributed by atoms with Gasteiger partial charge in [0.05, 0.1) is 6.04 Å². The maximum absolute atomic E-state index is 12.8. The normalized spacial score (nSPS) is 44.3. The topological polar surface area (TPSA) is 113 Å². The van der Waals surface area contributed by atoms with Gasteiger partial charge in [-0.05, 0) is 92.6 Å². The van der Waals surface area contributed by atoms with Gasteiger partial charge in [0.15, 0.2) is 5.78 Å². The predicted octanol–water partition coefficient (Wildman–Crippen LogP) is 3.19. The number of hydrogen-bond donors (Lipinski definition) is 3. The first-order chi connectivity index (χ1) is 17.3. The average Bonchev–Trinajstić information content (AvgIpc) is 3.44. The van der Waals surface area contributed by atoms with Gasteiger partial charge in [-0.3, -0.25) is 19.2 Å². The first kappa shape index (κ1) is 24.7. The third-order valence-electron chi connectivity index (χ3n) is 9.32.